The molecule has 1 aromatic rings. The van der Waals surface area contributed by atoms with Gasteiger partial charge in [-0.2, -0.15) is 4.98 Å². The molecule has 0 atom stereocenters. The fraction of sp³-hybridized carbons (Fsp3) is 0.692. The number of hydrogen-bond donors (Lipinski definition) is 1. The Hall–Kier alpha value is -0.840. The van der Waals surface area contributed by atoms with E-state index < -0.39 is 0 Å². The molecule has 0 bridgehead atoms. The molecule has 0 radical (unpaired) electrons. The van der Waals surface area contributed by atoms with E-state index in [0.717, 1.165) is 29.8 Å². The number of nitrogens with zero attached hydrogens (tertiary/aromatic N) is 3. The zero-order valence-corrected chi connectivity index (χ0v) is 13.5. The zero-order chi connectivity index (χ0) is 13.8. The highest BCUT2D eigenvalue weighted by atomic mass is 79.9. The normalized spacial score (nSPS) is 11.4. The Kier molecular flexibility index (Phi) is 5.38. The van der Waals surface area contributed by atoms with E-state index in [9.17, 15) is 0 Å². The van der Waals surface area contributed by atoms with Gasteiger partial charge in [0.1, 0.15) is 5.82 Å². The number of halogens is 1. The van der Waals surface area contributed by atoms with Gasteiger partial charge in [0.25, 0.3) is 0 Å². The first-order valence-corrected chi connectivity index (χ1v) is 7.10. The van der Waals surface area contributed by atoms with Gasteiger partial charge in [-0.15, -0.1) is 0 Å². The molecule has 18 heavy (non-hydrogen) atoms. The van der Waals surface area contributed by atoms with Gasteiger partial charge in [-0.25, -0.2) is 4.98 Å². The van der Waals surface area contributed by atoms with Crippen LogP contribution in [-0.4, -0.2) is 30.1 Å². The first kappa shape index (κ1) is 15.2. The quantitative estimate of drug-likeness (QED) is 0.902. The van der Waals surface area contributed by atoms with Crippen molar-refractivity contribution in [3.05, 3.63) is 10.7 Å². The lowest BCUT2D eigenvalue weighted by atomic mass is 9.96. The zero-order valence-electron chi connectivity index (χ0n) is 11.9. The van der Waals surface area contributed by atoms with Crippen LogP contribution in [0.4, 0.5) is 11.8 Å². The summed E-state index contributed by atoms with van der Waals surface area (Å²) in [5, 5.41) is 3.21. The van der Waals surface area contributed by atoms with Crippen molar-refractivity contribution in [2.45, 2.75) is 34.1 Å². The van der Waals surface area contributed by atoms with E-state index in [1.54, 1.807) is 6.20 Å². The van der Waals surface area contributed by atoms with Crippen LogP contribution in [0.25, 0.3) is 0 Å². The standard InChI is InChI=1S/C13H23BrN4/c1-6-7-15-12-16-8-10(14)11(17-12)18(5)9-13(2,3)4/h8H,6-7,9H2,1-5H3,(H,15,16,17). The van der Waals surface area contributed by atoms with E-state index in [4.69, 9.17) is 0 Å². The van der Waals surface area contributed by atoms with Gasteiger partial charge in [-0.3, -0.25) is 0 Å². The van der Waals surface area contributed by atoms with E-state index in [-0.39, 0.29) is 5.41 Å². The second kappa shape index (κ2) is 6.36. The lowest BCUT2D eigenvalue weighted by Gasteiger charge is -2.28. The van der Waals surface area contributed by atoms with Gasteiger partial charge < -0.3 is 10.2 Å². The van der Waals surface area contributed by atoms with Crippen LogP contribution in [0, 0.1) is 5.41 Å². The van der Waals surface area contributed by atoms with Crippen molar-refractivity contribution in [1.82, 2.24) is 9.97 Å². The van der Waals surface area contributed by atoms with E-state index in [1.807, 2.05) is 0 Å². The topological polar surface area (TPSA) is 41.1 Å². The lowest BCUT2D eigenvalue weighted by Crippen LogP contribution is -2.30. The molecular formula is C13H23BrN4. The van der Waals surface area contributed by atoms with Gasteiger partial charge in [0.05, 0.1) is 4.47 Å². The summed E-state index contributed by atoms with van der Waals surface area (Å²) in [6.45, 7) is 10.6. The SMILES string of the molecule is CCCNc1ncc(Br)c(N(C)CC(C)(C)C)n1. The minimum absolute atomic E-state index is 0.232. The summed E-state index contributed by atoms with van der Waals surface area (Å²) in [5.41, 5.74) is 0.232. The van der Waals surface area contributed by atoms with Gasteiger partial charge in [-0.05, 0) is 27.8 Å². The molecule has 0 aromatic carbocycles. The predicted octanol–water partition coefficient (Wildman–Crippen LogP) is 3.54. The van der Waals surface area contributed by atoms with Crippen molar-refractivity contribution >= 4 is 27.7 Å². The third kappa shape index (κ3) is 4.80. The predicted molar refractivity (Wildman–Crippen MR) is 81.2 cm³/mol. The summed E-state index contributed by atoms with van der Waals surface area (Å²) in [7, 11) is 2.06. The smallest absolute Gasteiger partial charge is 0.224 e. The first-order valence-electron chi connectivity index (χ1n) is 6.31. The highest BCUT2D eigenvalue weighted by molar-refractivity contribution is 9.10. The van der Waals surface area contributed by atoms with Crippen LogP contribution in [0.15, 0.2) is 10.7 Å². The molecule has 0 fully saturated rings. The third-order valence-electron chi connectivity index (χ3n) is 2.33. The maximum atomic E-state index is 4.55. The largest absolute Gasteiger partial charge is 0.358 e. The molecule has 0 unspecified atom stereocenters. The van der Waals surface area contributed by atoms with Crippen LogP contribution in [0.1, 0.15) is 34.1 Å². The first-order chi connectivity index (χ1) is 8.33. The summed E-state index contributed by atoms with van der Waals surface area (Å²) >= 11 is 3.51. The fourth-order valence-corrected chi connectivity index (χ4v) is 2.23. The van der Waals surface area contributed by atoms with Crippen LogP contribution in [-0.2, 0) is 0 Å². The van der Waals surface area contributed by atoms with Crippen LogP contribution < -0.4 is 10.2 Å². The third-order valence-corrected chi connectivity index (χ3v) is 2.89. The molecule has 0 amide bonds. The Morgan fingerprint density at radius 1 is 1.39 bits per heavy atom. The van der Waals surface area contributed by atoms with Crippen molar-refractivity contribution in [3.8, 4) is 0 Å². The summed E-state index contributed by atoms with van der Waals surface area (Å²) < 4.78 is 0.927. The molecule has 0 aliphatic heterocycles. The van der Waals surface area contributed by atoms with Gasteiger partial charge >= 0.3 is 0 Å². The molecule has 0 aliphatic rings. The number of hydrogen-bond acceptors (Lipinski definition) is 4. The molecule has 4 nitrogen and oxygen atoms in total. The molecule has 5 heteroatoms. The number of anilines is 2. The molecule has 1 rings (SSSR count). The Labute approximate surface area is 118 Å². The lowest BCUT2D eigenvalue weighted by molar-refractivity contribution is 0.417. The number of nitrogens with one attached hydrogen (secondary N) is 1. The maximum Gasteiger partial charge on any atom is 0.224 e. The molecule has 0 saturated heterocycles. The second-order valence-corrected chi connectivity index (χ2v) is 6.56. The molecule has 0 aliphatic carbocycles. The Balaban J connectivity index is 2.86. The summed E-state index contributed by atoms with van der Waals surface area (Å²) in [6, 6.07) is 0. The van der Waals surface area contributed by atoms with E-state index in [2.05, 4.69) is 70.9 Å². The Morgan fingerprint density at radius 3 is 2.61 bits per heavy atom. The number of aromatic nitrogens is 2. The van der Waals surface area contributed by atoms with E-state index in [0.29, 0.717) is 5.95 Å². The average Bonchev–Trinajstić information content (AvgIpc) is 2.25. The van der Waals surface area contributed by atoms with Crippen LogP contribution in [0.2, 0.25) is 0 Å². The molecule has 102 valence electrons. The average molecular weight is 315 g/mol. The van der Waals surface area contributed by atoms with Crippen LogP contribution in [0.3, 0.4) is 0 Å². The molecule has 1 aromatic heterocycles. The molecule has 0 saturated carbocycles. The minimum Gasteiger partial charge on any atom is -0.358 e. The number of rotatable bonds is 5. The van der Waals surface area contributed by atoms with Crippen LogP contribution >= 0.6 is 15.9 Å². The van der Waals surface area contributed by atoms with Gasteiger partial charge in [-0.1, -0.05) is 27.7 Å². The van der Waals surface area contributed by atoms with Gasteiger partial charge in [0, 0.05) is 26.3 Å². The van der Waals surface area contributed by atoms with Crippen molar-refractivity contribution < 1.29 is 0 Å². The maximum absolute atomic E-state index is 4.55. The van der Waals surface area contributed by atoms with Crippen molar-refractivity contribution in [2.75, 3.05) is 30.4 Å². The Morgan fingerprint density at radius 2 is 2.06 bits per heavy atom. The molecule has 1 N–H and O–H groups in total. The van der Waals surface area contributed by atoms with Crippen molar-refractivity contribution in [1.29, 1.82) is 0 Å². The van der Waals surface area contributed by atoms with Crippen LogP contribution in [0.5, 0.6) is 0 Å². The molecule has 1 heterocycles. The van der Waals surface area contributed by atoms with E-state index in [1.165, 1.54) is 0 Å². The fourth-order valence-electron chi connectivity index (χ4n) is 1.73. The van der Waals surface area contributed by atoms with Gasteiger partial charge in [0.2, 0.25) is 5.95 Å². The highest BCUT2D eigenvalue weighted by Crippen LogP contribution is 2.26. The highest BCUT2D eigenvalue weighted by Gasteiger charge is 2.17. The summed E-state index contributed by atoms with van der Waals surface area (Å²) in [5.74, 6) is 1.62. The second-order valence-electron chi connectivity index (χ2n) is 5.71. The molecular weight excluding hydrogens is 292 g/mol. The van der Waals surface area contributed by atoms with Crippen molar-refractivity contribution in [2.24, 2.45) is 5.41 Å². The summed E-state index contributed by atoms with van der Waals surface area (Å²) in [4.78, 5) is 11.0. The van der Waals surface area contributed by atoms with Crippen molar-refractivity contribution in [3.63, 3.8) is 0 Å². The Bertz CT molecular complexity index is 387. The van der Waals surface area contributed by atoms with Gasteiger partial charge in [0.15, 0.2) is 0 Å². The summed E-state index contributed by atoms with van der Waals surface area (Å²) in [6.07, 6.45) is 2.87. The monoisotopic (exact) mass is 314 g/mol. The van der Waals surface area contributed by atoms with E-state index >= 15 is 0 Å². The minimum atomic E-state index is 0.232. The molecule has 0 spiro atoms.